The molecule has 0 N–H and O–H groups in total. The molecule has 0 spiro atoms. The summed E-state index contributed by atoms with van der Waals surface area (Å²) in [5, 5.41) is 0. The molecular formula is C76H136O6. The largest absolute Gasteiger partial charge is 0.462 e. The molecule has 0 fully saturated rings. The fraction of sp³-hybridized carbons (Fsp3) is 0.803. The minimum absolute atomic E-state index is 0.0759. The fourth-order valence-corrected chi connectivity index (χ4v) is 10.6. The maximum atomic E-state index is 13.0. The molecule has 0 amide bonds. The van der Waals surface area contributed by atoms with Gasteiger partial charge in [0.25, 0.3) is 0 Å². The lowest BCUT2D eigenvalue weighted by atomic mass is 10.0. The molecule has 6 nitrogen and oxygen atoms in total. The molecule has 0 radical (unpaired) electrons. The van der Waals surface area contributed by atoms with Crippen LogP contribution in [0.1, 0.15) is 374 Å². The summed E-state index contributed by atoms with van der Waals surface area (Å²) in [5.74, 6) is -0.867. The van der Waals surface area contributed by atoms with E-state index >= 15 is 0 Å². The molecule has 1 unspecified atom stereocenters. The lowest BCUT2D eigenvalue weighted by Gasteiger charge is -2.18. The van der Waals surface area contributed by atoms with Gasteiger partial charge in [0.2, 0.25) is 0 Å². The normalized spacial score (nSPS) is 12.5. The first-order chi connectivity index (χ1) is 40.5. The maximum Gasteiger partial charge on any atom is 0.306 e. The second kappa shape index (κ2) is 70.3. The summed E-state index contributed by atoms with van der Waals surface area (Å²) >= 11 is 0. The average Bonchev–Trinajstić information content (AvgIpc) is 3.48. The van der Waals surface area contributed by atoms with E-state index < -0.39 is 6.10 Å². The van der Waals surface area contributed by atoms with Crippen LogP contribution in [-0.2, 0) is 28.6 Å². The van der Waals surface area contributed by atoms with Gasteiger partial charge in [0.15, 0.2) is 6.10 Å². The quantitative estimate of drug-likeness (QED) is 0.0261. The van der Waals surface area contributed by atoms with Crippen molar-refractivity contribution in [3.8, 4) is 0 Å². The molecule has 0 aliphatic heterocycles. The molecule has 0 aromatic heterocycles. The Kier molecular flexibility index (Phi) is 67.6. The summed E-state index contributed by atoms with van der Waals surface area (Å²) in [6, 6.07) is 0. The topological polar surface area (TPSA) is 78.9 Å². The van der Waals surface area contributed by atoms with Gasteiger partial charge >= 0.3 is 17.9 Å². The molecule has 0 saturated heterocycles. The molecule has 0 aliphatic carbocycles. The van der Waals surface area contributed by atoms with Crippen molar-refractivity contribution in [2.75, 3.05) is 13.2 Å². The predicted molar refractivity (Wildman–Crippen MR) is 358 cm³/mol. The average molecular weight is 1150 g/mol. The second-order valence-corrected chi connectivity index (χ2v) is 24.1. The smallest absolute Gasteiger partial charge is 0.306 e. The molecule has 0 saturated carbocycles. The first-order valence-electron chi connectivity index (χ1n) is 35.9. The van der Waals surface area contributed by atoms with Crippen LogP contribution in [0.4, 0.5) is 0 Å². The summed E-state index contributed by atoms with van der Waals surface area (Å²) < 4.78 is 17.0. The van der Waals surface area contributed by atoms with Gasteiger partial charge in [-0.05, 0) is 83.5 Å². The number of rotatable bonds is 66. The Morgan fingerprint density at radius 2 is 0.488 bits per heavy atom. The molecule has 476 valence electrons. The number of ether oxygens (including phenoxy) is 3. The van der Waals surface area contributed by atoms with Crippen molar-refractivity contribution < 1.29 is 28.6 Å². The van der Waals surface area contributed by atoms with E-state index in [0.717, 1.165) is 103 Å². The van der Waals surface area contributed by atoms with Gasteiger partial charge in [-0.15, -0.1) is 0 Å². The minimum atomic E-state index is -0.781. The molecule has 82 heavy (non-hydrogen) atoms. The molecule has 0 aliphatic rings. The van der Waals surface area contributed by atoms with Gasteiger partial charge in [-0.1, -0.05) is 344 Å². The van der Waals surface area contributed by atoms with Crippen molar-refractivity contribution in [3.05, 3.63) is 72.9 Å². The zero-order valence-corrected chi connectivity index (χ0v) is 54.8. The van der Waals surface area contributed by atoms with Crippen LogP contribution in [0.5, 0.6) is 0 Å². The number of unbranched alkanes of at least 4 members (excludes halogenated alkanes) is 43. The number of hydrogen-bond donors (Lipinski definition) is 0. The van der Waals surface area contributed by atoms with Crippen molar-refractivity contribution in [1.29, 1.82) is 0 Å². The number of carbonyl (C=O) groups excluding carboxylic acids is 3. The zero-order valence-electron chi connectivity index (χ0n) is 54.8. The minimum Gasteiger partial charge on any atom is -0.462 e. The Morgan fingerprint density at radius 3 is 0.780 bits per heavy atom. The third-order valence-corrected chi connectivity index (χ3v) is 15.9. The van der Waals surface area contributed by atoms with Gasteiger partial charge in [-0.2, -0.15) is 0 Å². The highest BCUT2D eigenvalue weighted by atomic mass is 16.6. The van der Waals surface area contributed by atoms with Crippen molar-refractivity contribution in [3.63, 3.8) is 0 Å². The highest BCUT2D eigenvalue weighted by molar-refractivity contribution is 5.71. The lowest BCUT2D eigenvalue weighted by Crippen LogP contribution is -2.30. The van der Waals surface area contributed by atoms with E-state index in [1.807, 2.05) is 0 Å². The van der Waals surface area contributed by atoms with Gasteiger partial charge in [-0.25, -0.2) is 0 Å². The van der Waals surface area contributed by atoms with Crippen LogP contribution in [0.15, 0.2) is 72.9 Å². The second-order valence-electron chi connectivity index (χ2n) is 24.1. The molecule has 0 bridgehead atoms. The fourth-order valence-electron chi connectivity index (χ4n) is 10.6. The van der Waals surface area contributed by atoms with Gasteiger partial charge < -0.3 is 14.2 Å². The van der Waals surface area contributed by atoms with E-state index in [9.17, 15) is 14.4 Å². The van der Waals surface area contributed by atoms with Gasteiger partial charge in [0.1, 0.15) is 13.2 Å². The molecule has 0 aromatic rings. The molecule has 0 heterocycles. The summed E-state index contributed by atoms with van der Waals surface area (Å²) in [6.07, 6.45) is 92.2. The van der Waals surface area contributed by atoms with E-state index in [-0.39, 0.29) is 31.1 Å². The van der Waals surface area contributed by atoms with Crippen LogP contribution in [0.25, 0.3) is 0 Å². The van der Waals surface area contributed by atoms with Crippen LogP contribution in [0.2, 0.25) is 0 Å². The molecule has 0 aromatic carbocycles. The van der Waals surface area contributed by atoms with Gasteiger partial charge in [0, 0.05) is 19.3 Å². The van der Waals surface area contributed by atoms with E-state index in [2.05, 4.69) is 93.7 Å². The molecule has 6 heteroatoms. The van der Waals surface area contributed by atoms with Gasteiger partial charge in [0.05, 0.1) is 0 Å². The number of carbonyl (C=O) groups is 3. The van der Waals surface area contributed by atoms with Crippen LogP contribution >= 0.6 is 0 Å². The van der Waals surface area contributed by atoms with Crippen molar-refractivity contribution in [2.45, 2.75) is 380 Å². The Balaban J connectivity index is 4.26. The Morgan fingerprint density at radius 1 is 0.256 bits per heavy atom. The van der Waals surface area contributed by atoms with Crippen LogP contribution in [-0.4, -0.2) is 37.2 Å². The monoisotopic (exact) mass is 1150 g/mol. The van der Waals surface area contributed by atoms with Crippen LogP contribution in [0.3, 0.4) is 0 Å². The van der Waals surface area contributed by atoms with Gasteiger partial charge in [-0.3, -0.25) is 14.4 Å². The van der Waals surface area contributed by atoms with E-state index in [1.165, 1.54) is 231 Å². The Labute approximate surface area is 510 Å². The standard InChI is InChI=1S/C76H136O6/c1-4-7-10-13-16-19-22-25-28-30-32-34-36-37-38-39-41-42-44-46-48-51-54-57-60-63-66-69-75(78)81-72-73(71-80-74(77)68-65-62-59-56-53-50-27-24-21-18-15-12-9-6-3)82-76(79)70-67-64-61-58-55-52-49-47-45-43-40-35-33-31-29-26-23-20-17-14-11-8-5-2/h7,10,15-16,18-19,24-25,27-28,32,34,73H,4-6,8-9,11-14,17,20-23,26,29-31,33,35-72H2,1-3H3/b10-7-,18-15-,19-16-,27-24-,28-25-,34-32-. The molecule has 1 atom stereocenters. The number of esters is 3. The number of allylic oxidation sites excluding steroid dienone is 12. The molecular weight excluding hydrogens is 1010 g/mol. The van der Waals surface area contributed by atoms with Crippen LogP contribution in [0, 0.1) is 0 Å². The highest BCUT2D eigenvalue weighted by Gasteiger charge is 2.19. The summed E-state index contributed by atoms with van der Waals surface area (Å²) in [5.41, 5.74) is 0. The summed E-state index contributed by atoms with van der Waals surface area (Å²) in [4.78, 5) is 38.5. The van der Waals surface area contributed by atoms with Crippen molar-refractivity contribution in [1.82, 2.24) is 0 Å². The summed E-state index contributed by atoms with van der Waals surface area (Å²) in [7, 11) is 0. The van der Waals surface area contributed by atoms with Crippen molar-refractivity contribution >= 4 is 17.9 Å². The van der Waals surface area contributed by atoms with E-state index in [0.29, 0.717) is 19.3 Å². The lowest BCUT2D eigenvalue weighted by molar-refractivity contribution is -0.167. The SMILES string of the molecule is CC/C=C\C/C=C\C/C=C\C/C=C\CCCCCCCCCCCCCCCCC(=O)OCC(COC(=O)CCCCCCC/C=C\C/C=C\CCCC)OC(=O)CCCCCCCCCCCCCCCCCCCCCCCCC. The molecule has 0 rings (SSSR count). The van der Waals surface area contributed by atoms with Crippen LogP contribution < -0.4 is 0 Å². The third kappa shape index (κ3) is 67.6. The van der Waals surface area contributed by atoms with E-state index in [4.69, 9.17) is 14.2 Å². The first kappa shape index (κ1) is 78.8. The summed E-state index contributed by atoms with van der Waals surface area (Å²) in [6.45, 7) is 6.54. The maximum absolute atomic E-state index is 13.0. The first-order valence-corrected chi connectivity index (χ1v) is 35.9. The predicted octanol–water partition coefficient (Wildman–Crippen LogP) is 24.8. The van der Waals surface area contributed by atoms with Crippen molar-refractivity contribution in [2.24, 2.45) is 0 Å². The Hall–Kier alpha value is -3.15. The highest BCUT2D eigenvalue weighted by Crippen LogP contribution is 2.18. The third-order valence-electron chi connectivity index (χ3n) is 15.9. The number of hydrogen-bond acceptors (Lipinski definition) is 6. The Bertz CT molecular complexity index is 1500. The van der Waals surface area contributed by atoms with E-state index in [1.54, 1.807) is 0 Å². The zero-order chi connectivity index (χ0) is 59.2.